The minimum atomic E-state index is -0.333. The lowest BCUT2D eigenvalue weighted by Crippen LogP contribution is -2.39. The lowest BCUT2D eigenvalue weighted by atomic mass is 10.3. The molecule has 8 heteroatoms. The molecular weight excluding hydrogens is 262 g/mol. The summed E-state index contributed by atoms with van der Waals surface area (Å²) in [5.74, 6) is 0.333. The van der Waals surface area contributed by atoms with Crippen LogP contribution >= 0.6 is 0 Å². The molecule has 0 aliphatic heterocycles. The zero-order valence-corrected chi connectivity index (χ0v) is 11.0. The van der Waals surface area contributed by atoms with Crippen molar-refractivity contribution in [2.75, 3.05) is 20.1 Å². The number of amides is 2. The number of nitrogens with zero attached hydrogens (tertiary/aromatic N) is 3. The lowest BCUT2D eigenvalue weighted by Gasteiger charge is -2.15. The predicted molar refractivity (Wildman–Crippen MR) is 68.8 cm³/mol. The molecule has 0 aromatic carbocycles. The first kappa shape index (κ1) is 13.8. The number of likely N-dealkylation sites (N-methyl/N-ethyl adjacent to an activating group) is 1. The maximum Gasteiger partial charge on any atom is 0.289 e. The first-order valence-electron chi connectivity index (χ1n) is 6.06. The number of furan rings is 1. The molecule has 0 radical (unpaired) electrons. The van der Waals surface area contributed by atoms with Crippen molar-refractivity contribution in [1.29, 1.82) is 0 Å². The topological polar surface area (TPSA) is 104 Å². The monoisotopic (exact) mass is 277 g/mol. The highest BCUT2D eigenvalue weighted by Crippen LogP contribution is 2.03. The molecule has 0 aliphatic carbocycles. The van der Waals surface area contributed by atoms with Crippen molar-refractivity contribution < 1.29 is 14.0 Å². The quantitative estimate of drug-likeness (QED) is 0.762. The number of carbonyl (C=O) groups excluding carboxylic acids is 2. The van der Waals surface area contributed by atoms with Crippen molar-refractivity contribution in [3.05, 3.63) is 36.3 Å². The largest absolute Gasteiger partial charge is 0.459 e. The van der Waals surface area contributed by atoms with Crippen molar-refractivity contribution in [2.45, 2.75) is 6.42 Å². The van der Waals surface area contributed by atoms with Crippen LogP contribution < -0.4 is 5.32 Å². The van der Waals surface area contributed by atoms with Gasteiger partial charge in [-0.1, -0.05) is 0 Å². The molecule has 0 fully saturated rings. The molecular formula is C12H15N5O3. The standard InChI is InChI=1S/C12H15N5O3/c1-17(12(19)9-3-2-6-20-9)7-11(18)13-5-4-10-14-8-15-16-10/h2-3,6,8H,4-5,7H2,1H3,(H,13,18)(H,14,15,16). The van der Waals surface area contributed by atoms with E-state index >= 15 is 0 Å². The molecule has 2 aromatic heterocycles. The SMILES string of the molecule is CN(CC(=O)NCCc1ncn[nH]1)C(=O)c1ccco1. The minimum absolute atomic E-state index is 0.0318. The second-order valence-corrected chi connectivity index (χ2v) is 4.17. The van der Waals surface area contributed by atoms with E-state index in [0.29, 0.717) is 18.8 Å². The molecule has 0 bridgehead atoms. The van der Waals surface area contributed by atoms with Gasteiger partial charge in [0, 0.05) is 20.0 Å². The molecule has 0 spiro atoms. The highest BCUT2D eigenvalue weighted by atomic mass is 16.3. The molecule has 0 saturated carbocycles. The van der Waals surface area contributed by atoms with Gasteiger partial charge in [0.2, 0.25) is 5.91 Å². The maximum absolute atomic E-state index is 11.8. The molecule has 0 aliphatic rings. The Labute approximate surface area is 115 Å². The molecule has 106 valence electrons. The summed E-state index contributed by atoms with van der Waals surface area (Å²) in [5, 5.41) is 9.11. The fourth-order valence-electron chi connectivity index (χ4n) is 1.60. The number of nitrogens with one attached hydrogen (secondary N) is 2. The van der Waals surface area contributed by atoms with E-state index in [1.807, 2.05) is 0 Å². The Bertz CT molecular complexity index is 550. The van der Waals surface area contributed by atoms with Gasteiger partial charge in [-0.25, -0.2) is 4.98 Å². The number of H-pyrrole nitrogens is 1. The average Bonchev–Trinajstić information content (AvgIpc) is 3.10. The lowest BCUT2D eigenvalue weighted by molar-refractivity contribution is -0.121. The second-order valence-electron chi connectivity index (χ2n) is 4.17. The van der Waals surface area contributed by atoms with Crippen molar-refractivity contribution in [1.82, 2.24) is 25.4 Å². The molecule has 0 atom stereocenters. The van der Waals surface area contributed by atoms with Crippen LogP contribution in [0, 0.1) is 0 Å². The van der Waals surface area contributed by atoms with Crippen LogP contribution in [0.2, 0.25) is 0 Å². The number of hydrogen-bond acceptors (Lipinski definition) is 5. The van der Waals surface area contributed by atoms with Crippen LogP contribution in [-0.4, -0.2) is 52.0 Å². The first-order valence-corrected chi connectivity index (χ1v) is 6.06. The third kappa shape index (κ3) is 3.67. The number of aromatic nitrogens is 3. The Hall–Kier alpha value is -2.64. The maximum atomic E-state index is 11.8. The van der Waals surface area contributed by atoms with E-state index in [1.165, 1.54) is 17.5 Å². The van der Waals surface area contributed by atoms with Crippen LogP contribution in [0.5, 0.6) is 0 Å². The molecule has 20 heavy (non-hydrogen) atoms. The molecule has 2 amide bonds. The van der Waals surface area contributed by atoms with Gasteiger partial charge in [0.1, 0.15) is 12.2 Å². The van der Waals surface area contributed by atoms with Crippen LogP contribution in [0.15, 0.2) is 29.1 Å². The Morgan fingerprint density at radius 3 is 3.00 bits per heavy atom. The van der Waals surface area contributed by atoms with Gasteiger partial charge in [-0.05, 0) is 12.1 Å². The van der Waals surface area contributed by atoms with E-state index in [2.05, 4.69) is 20.5 Å². The molecule has 8 nitrogen and oxygen atoms in total. The molecule has 2 aromatic rings. The predicted octanol–water partition coefficient (Wildman–Crippen LogP) is -0.171. The number of hydrogen-bond donors (Lipinski definition) is 2. The van der Waals surface area contributed by atoms with Gasteiger partial charge < -0.3 is 14.6 Å². The molecule has 2 heterocycles. The van der Waals surface area contributed by atoms with Crippen molar-refractivity contribution in [3.8, 4) is 0 Å². The summed E-state index contributed by atoms with van der Waals surface area (Å²) in [6, 6.07) is 3.18. The zero-order chi connectivity index (χ0) is 14.4. The van der Waals surface area contributed by atoms with E-state index in [4.69, 9.17) is 4.42 Å². The highest BCUT2D eigenvalue weighted by molar-refractivity contribution is 5.94. The summed E-state index contributed by atoms with van der Waals surface area (Å²) in [7, 11) is 1.54. The second kappa shape index (κ2) is 6.50. The smallest absolute Gasteiger partial charge is 0.289 e. The summed E-state index contributed by atoms with van der Waals surface area (Å²) in [4.78, 5) is 28.7. The van der Waals surface area contributed by atoms with Gasteiger partial charge in [0.05, 0.1) is 12.8 Å². The van der Waals surface area contributed by atoms with E-state index < -0.39 is 0 Å². The fourth-order valence-corrected chi connectivity index (χ4v) is 1.60. The Kier molecular flexibility index (Phi) is 4.48. The molecule has 0 saturated heterocycles. The zero-order valence-electron chi connectivity index (χ0n) is 11.0. The summed E-state index contributed by atoms with van der Waals surface area (Å²) in [6.45, 7) is 0.396. The van der Waals surface area contributed by atoms with Gasteiger partial charge in [0.25, 0.3) is 5.91 Å². The van der Waals surface area contributed by atoms with Crippen LogP contribution in [0.1, 0.15) is 16.4 Å². The highest BCUT2D eigenvalue weighted by Gasteiger charge is 2.16. The summed E-state index contributed by atoms with van der Waals surface area (Å²) < 4.78 is 4.99. The Morgan fingerprint density at radius 2 is 2.35 bits per heavy atom. The molecule has 2 N–H and O–H groups in total. The third-order valence-corrected chi connectivity index (χ3v) is 2.61. The van der Waals surface area contributed by atoms with E-state index in [1.54, 1.807) is 19.2 Å². The number of aromatic amines is 1. The van der Waals surface area contributed by atoms with Crippen LogP contribution in [0.25, 0.3) is 0 Å². The van der Waals surface area contributed by atoms with Gasteiger partial charge in [-0.2, -0.15) is 5.10 Å². The third-order valence-electron chi connectivity index (χ3n) is 2.61. The van der Waals surface area contributed by atoms with Crippen molar-refractivity contribution in [2.24, 2.45) is 0 Å². The summed E-state index contributed by atoms with van der Waals surface area (Å²) in [6.07, 6.45) is 3.38. The average molecular weight is 277 g/mol. The Morgan fingerprint density at radius 1 is 1.50 bits per heavy atom. The van der Waals surface area contributed by atoms with E-state index in [9.17, 15) is 9.59 Å². The Balaban J connectivity index is 1.72. The van der Waals surface area contributed by atoms with Crippen molar-refractivity contribution in [3.63, 3.8) is 0 Å². The van der Waals surface area contributed by atoms with Crippen LogP contribution in [0.3, 0.4) is 0 Å². The molecule has 2 rings (SSSR count). The van der Waals surface area contributed by atoms with Crippen LogP contribution in [0.4, 0.5) is 0 Å². The van der Waals surface area contributed by atoms with Crippen LogP contribution in [-0.2, 0) is 11.2 Å². The van der Waals surface area contributed by atoms with Gasteiger partial charge in [-0.3, -0.25) is 14.7 Å². The summed E-state index contributed by atoms with van der Waals surface area (Å²) >= 11 is 0. The number of rotatable bonds is 6. The van der Waals surface area contributed by atoms with Gasteiger partial charge >= 0.3 is 0 Å². The normalized spacial score (nSPS) is 10.2. The van der Waals surface area contributed by atoms with Crippen molar-refractivity contribution >= 4 is 11.8 Å². The molecule has 0 unspecified atom stereocenters. The minimum Gasteiger partial charge on any atom is -0.459 e. The fraction of sp³-hybridized carbons (Fsp3) is 0.333. The van der Waals surface area contributed by atoms with Gasteiger partial charge in [0.15, 0.2) is 5.76 Å². The first-order chi connectivity index (χ1) is 9.66. The number of carbonyl (C=O) groups is 2. The summed E-state index contributed by atoms with van der Waals surface area (Å²) in [5.41, 5.74) is 0. The van der Waals surface area contributed by atoms with E-state index in [0.717, 1.165) is 0 Å². The van der Waals surface area contributed by atoms with Gasteiger partial charge in [-0.15, -0.1) is 0 Å². The van der Waals surface area contributed by atoms with E-state index in [-0.39, 0.29) is 24.1 Å².